The lowest BCUT2D eigenvalue weighted by Gasteiger charge is -2.60. The van der Waals surface area contributed by atoms with Crippen LogP contribution in [0.4, 0.5) is 0 Å². The van der Waals surface area contributed by atoms with Crippen LogP contribution in [0.2, 0.25) is 0 Å². The van der Waals surface area contributed by atoms with Crippen LogP contribution in [0.1, 0.15) is 51.4 Å². The number of ether oxygens (including phenoxy) is 1. The van der Waals surface area contributed by atoms with Crippen LogP contribution in [0.15, 0.2) is 0 Å². The summed E-state index contributed by atoms with van der Waals surface area (Å²) in [4.78, 5) is 26.5. The van der Waals surface area contributed by atoms with Crippen molar-refractivity contribution in [3.05, 3.63) is 0 Å². The molecule has 20 heavy (non-hydrogen) atoms. The Bertz CT molecular complexity index is 423. The minimum absolute atomic E-state index is 0.0127. The van der Waals surface area contributed by atoms with Crippen molar-refractivity contribution in [3.63, 3.8) is 0 Å². The molecule has 1 heterocycles. The Kier molecular flexibility index (Phi) is 2.67. The Balaban J connectivity index is 1.68. The SMILES string of the molecule is COC(=O)C1CCC(=O)N1C12CC3CC(CC(C3)C1)C2. The summed E-state index contributed by atoms with van der Waals surface area (Å²) < 4.78 is 4.94. The number of hydrogen-bond donors (Lipinski definition) is 0. The molecule has 5 fully saturated rings. The average molecular weight is 277 g/mol. The van der Waals surface area contributed by atoms with E-state index in [1.165, 1.54) is 26.4 Å². The minimum atomic E-state index is -0.316. The van der Waals surface area contributed by atoms with Gasteiger partial charge in [-0.05, 0) is 62.7 Å². The van der Waals surface area contributed by atoms with Crippen LogP contribution in [0.5, 0.6) is 0 Å². The fourth-order valence-corrected chi connectivity index (χ4v) is 6.00. The molecule has 1 saturated heterocycles. The third-order valence-corrected chi connectivity index (χ3v) is 6.20. The number of esters is 1. The van der Waals surface area contributed by atoms with Gasteiger partial charge in [-0.25, -0.2) is 4.79 Å². The molecule has 0 aromatic carbocycles. The molecule has 1 atom stereocenters. The molecule has 4 heteroatoms. The van der Waals surface area contributed by atoms with E-state index in [0.717, 1.165) is 37.0 Å². The van der Waals surface area contributed by atoms with E-state index in [0.29, 0.717) is 12.8 Å². The first-order valence-electron chi connectivity index (χ1n) is 8.01. The second-order valence-electron chi connectivity index (χ2n) is 7.48. The molecule has 1 amide bonds. The zero-order valence-electron chi connectivity index (χ0n) is 12.1. The van der Waals surface area contributed by atoms with Crippen molar-refractivity contribution in [1.82, 2.24) is 4.90 Å². The van der Waals surface area contributed by atoms with E-state index in [1.54, 1.807) is 0 Å². The summed E-state index contributed by atoms with van der Waals surface area (Å²) in [5.41, 5.74) is -0.0127. The van der Waals surface area contributed by atoms with Gasteiger partial charge in [0, 0.05) is 12.0 Å². The molecule has 0 spiro atoms. The zero-order valence-corrected chi connectivity index (χ0v) is 12.1. The maximum absolute atomic E-state index is 12.4. The summed E-state index contributed by atoms with van der Waals surface area (Å²) in [7, 11) is 1.43. The molecule has 5 aliphatic rings. The van der Waals surface area contributed by atoms with Gasteiger partial charge in [-0.15, -0.1) is 0 Å². The Morgan fingerprint density at radius 3 is 2.20 bits per heavy atom. The number of carbonyl (C=O) groups is 2. The maximum Gasteiger partial charge on any atom is 0.328 e. The van der Waals surface area contributed by atoms with Crippen molar-refractivity contribution in [3.8, 4) is 0 Å². The largest absolute Gasteiger partial charge is 0.467 e. The van der Waals surface area contributed by atoms with E-state index in [2.05, 4.69) is 0 Å². The van der Waals surface area contributed by atoms with Crippen molar-refractivity contribution in [2.45, 2.75) is 62.9 Å². The number of nitrogens with zero attached hydrogens (tertiary/aromatic N) is 1. The lowest BCUT2D eigenvalue weighted by Crippen LogP contribution is -2.63. The highest BCUT2D eigenvalue weighted by molar-refractivity contribution is 5.89. The predicted octanol–water partition coefficient (Wildman–Crippen LogP) is 2.12. The summed E-state index contributed by atoms with van der Waals surface area (Å²) in [6.45, 7) is 0. The first-order chi connectivity index (χ1) is 9.61. The predicted molar refractivity (Wildman–Crippen MR) is 72.8 cm³/mol. The number of methoxy groups -OCH3 is 1. The molecule has 1 aliphatic heterocycles. The highest BCUT2D eigenvalue weighted by Gasteiger charge is 2.58. The second-order valence-corrected chi connectivity index (χ2v) is 7.48. The smallest absolute Gasteiger partial charge is 0.328 e. The molecule has 4 bridgehead atoms. The van der Waals surface area contributed by atoms with Crippen molar-refractivity contribution >= 4 is 11.9 Å². The van der Waals surface area contributed by atoms with Gasteiger partial charge in [0.15, 0.2) is 0 Å². The first kappa shape index (κ1) is 12.7. The van der Waals surface area contributed by atoms with Gasteiger partial charge in [0.25, 0.3) is 0 Å². The molecule has 4 saturated carbocycles. The molecule has 0 radical (unpaired) electrons. The number of amides is 1. The van der Waals surface area contributed by atoms with Crippen LogP contribution in [0.3, 0.4) is 0 Å². The Morgan fingerprint density at radius 2 is 1.70 bits per heavy atom. The lowest BCUT2D eigenvalue weighted by atomic mass is 9.52. The van der Waals surface area contributed by atoms with E-state index < -0.39 is 0 Å². The van der Waals surface area contributed by atoms with Crippen LogP contribution >= 0.6 is 0 Å². The summed E-state index contributed by atoms with van der Waals surface area (Å²) in [5, 5.41) is 0. The molecular weight excluding hydrogens is 254 g/mol. The fraction of sp³-hybridized carbons (Fsp3) is 0.875. The summed E-state index contributed by atoms with van der Waals surface area (Å²) >= 11 is 0. The topological polar surface area (TPSA) is 46.6 Å². The first-order valence-corrected chi connectivity index (χ1v) is 8.01. The minimum Gasteiger partial charge on any atom is -0.467 e. The van der Waals surface area contributed by atoms with Crippen LogP contribution in [0, 0.1) is 17.8 Å². The monoisotopic (exact) mass is 277 g/mol. The van der Waals surface area contributed by atoms with E-state index in [1.807, 2.05) is 4.90 Å². The molecular formula is C16H23NO3. The number of likely N-dealkylation sites (tertiary alicyclic amines) is 1. The van der Waals surface area contributed by atoms with Crippen molar-refractivity contribution in [2.24, 2.45) is 17.8 Å². The summed E-state index contributed by atoms with van der Waals surface area (Å²) in [6.07, 6.45) is 8.59. The van der Waals surface area contributed by atoms with Gasteiger partial charge in [0.05, 0.1) is 7.11 Å². The Labute approximate surface area is 119 Å². The van der Waals surface area contributed by atoms with E-state index in [9.17, 15) is 9.59 Å². The van der Waals surface area contributed by atoms with E-state index in [-0.39, 0.29) is 23.5 Å². The standard InChI is InChI=1S/C16H23NO3/c1-20-15(19)13-2-3-14(18)17(13)16-7-10-4-11(8-16)6-12(5-10)9-16/h10-13H,2-9H2,1H3. The van der Waals surface area contributed by atoms with Crippen molar-refractivity contribution < 1.29 is 14.3 Å². The van der Waals surface area contributed by atoms with Gasteiger partial charge < -0.3 is 9.64 Å². The molecule has 0 aromatic rings. The van der Waals surface area contributed by atoms with Crippen molar-refractivity contribution in [1.29, 1.82) is 0 Å². The van der Waals surface area contributed by atoms with E-state index in [4.69, 9.17) is 4.74 Å². The third kappa shape index (κ3) is 1.66. The van der Waals surface area contributed by atoms with Crippen LogP contribution < -0.4 is 0 Å². The average Bonchev–Trinajstić information content (AvgIpc) is 2.79. The maximum atomic E-state index is 12.4. The van der Waals surface area contributed by atoms with Gasteiger partial charge in [-0.3, -0.25) is 4.79 Å². The number of carbonyl (C=O) groups excluding carboxylic acids is 2. The summed E-state index contributed by atoms with van der Waals surface area (Å²) in [5.74, 6) is 2.32. The van der Waals surface area contributed by atoms with Crippen LogP contribution in [-0.4, -0.2) is 35.5 Å². The summed E-state index contributed by atoms with van der Waals surface area (Å²) in [6, 6.07) is -0.316. The van der Waals surface area contributed by atoms with Gasteiger partial charge in [-0.2, -0.15) is 0 Å². The normalized spacial score (nSPS) is 46.0. The molecule has 110 valence electrons. The van der Waals surface area contributed by atoms with E-state index >= 15 is 0 Å². The molecule has 4 aliphatic carbocycles. The van der Waals surface area contributed by atoms with Crippen LogP contribution in [-0.2, 0) is 14.3 Å². The number of rotatable bonds is 2. The number of hydrogen-bond acceptors (Lipinski definition) is 3. The Morgan fingerprint density at radius 1 is 1.15 bits per heavy atom. The molecule has 4 nitrogen and oxygen atoms in total. The van der Waals surface area contributed by atoms with Gasteiger partial charge in [0.1, 0.15) is 6.04 Å². The Hall–Kier alpha value is -1.06. The highest BCUT2D eigenvalue weighted by Crippen LogP contribution is 2.59. The van der Waals surface area contributed by atoms with Gasteiger partial charge in [0.2, 0.25) is 5.91 Å². The molecule has 1 unspecified atom stereocenters. The fourth-order valence-electron chi connectivity index (χ4n) is 6.00. The quantitative estimate of drug-likeness (QED) is 0.726. The second kappa shape index (κ2) is 4.22. The molecule has 5 rings (SSSR count). The van der Waals surface area contributed by atoms with Gasteiger partial charge in [-0.1, -0.05) is 0 Å². The highest BCUT2D eigenvalue weighted by atomic mass is 16.5. The van der Waals surface area contributed by atoms with Crippen molar-refractivity contribution in [2.75, 3.05) is 7.11 Å². The zero-order chi connectivity index (χ0) is 13.9. The van der Waals surface area contributed by atoms with Crippen LogP contribution in [0.25, 0.3) is 0 Å². The lowest BCUT2D eigenvalue weighted by molar-refractivity contribution is -0.163. The third-order valence-electron chi connectivity index (χ3n) is 6.20. The molecule has 0 N–H and O–H groups in total. The molecule has 0 aromatic heterocycles. The van der Waals surface area contributed by atoms with Gasteiger partial charge >= 0.3 is 5.97 Å².